The topological polar surface area (TPSA) is 0 Å². The fourth-order valence-electron chi connectivity index (χ4n) is 4.68. The van der Waals surface area contributed by atoms with Crippen LogP contribution >= 0.6 is 15.9 Å². The van der Waals surface area contributed by atoms with Crippen molar-refractivity contribution in [3.63, 3.8) is 0 Å². The van der Waals surface area contributed by atoms with E-state index in [2.05, 4.69) is 94.8 Å². The molecule has 4 aromatic rings. The molecule has 0 nitrogen and oxygen atoms in total. The predicted molar refractivity (Wildman–Crippen MR) is 119 cm³/mol. The van der Waals surface area contributed by atoms with E-state index in [0.717, 1.165) is 12.8 Å². The smallest absolute Gasteiger partial charge is 0.0254 e. The number of allylic oxidation sites excluding steroid dienone is 1. The van der Waals surface area contributed by atoms with Crippen molar-refractivity contribution in [1.82, 2.24) is 0 Å². The lowest BCUT2D eigenvalue weighted by molar-refractivity contribution is 1.00. The number of rotatable bonds is 1. The third kappa shape index (κ3) is 2.22. The van der Waals surface area contributed by atoms with E-state index in [1.807, 2.05) is 0 Å². The Morgan fingerprint density at radius 3 is 2.48 bits per heavy atom. The van der Waals surface area contributed by atoms with Gasteiger partial charge in [-0.2, -0.15) is 0 Å². The van der Waals surface area contributed by atoms with Crippen LogP contribution in [0.2, 0.25) is 0 Å². The van der Waals surface area contributed by atoms with E-state index >= 15 is 0 Å². The van der Waals surface area contributed by atoms with Crippen molar-refractivity contribution in [2.24, 2.45) is 0 Å². The van der Waals surface area contributed by atoms with Gasteiger partial charge in [-0.25, -0.2) is 0 Å². The van der Waals surface area contributed by atoms with Crippen LogP contribution in [-0.2, 0) is 6.42 Å². The molecule has 1 heteroatoms. The molecule has 0 fully saturated rings. The summed E-state index contributed by atoms with van der Waals surface area (Å²) in [4.78, 5) is 0. The molecule has 4 aromatic carbocycles. The summed E-state index contributed by atoms with van der Waals surface area (Å²) < 4.78 is 1.17. The number of fused-ring (bicyclic) bond motifs is 4. The fraction of sp³-hybridized carbons (Fsp3) is 0.0769. The van der Waals surface area contributed by atoms with Gasteiger partial charge < -0.3 is 0 Å². The molecule has 0 N–H and O–H groups in total. The van der Waals surface area contributed by atoms with Crippen molar-refractivity contribution in [2.45, 2.75) is 12.8 Å². The van der Waals surface area contributed by atoms with Crippen LogP contribution in [0.3, 0.4) is 0 Å². The van der Waals surface area contributed by atoms with E-state index in [1.54, 1.807) is 0 Å². The van der Waals surface area contributed by atoms with Crippen molar-refractivity contribution in [1.29, 1.82) is 0 Å². The monoisotopic (exact) mass is 408 g/mol. The molecule has 27 heavy (non-hydrogen) atoms. The highest BCUT2D eigenvalue weighted by molar-refractivity contribution is 9.10. The Balaban J connectivity index is 1.55. The first-order chi connectivity index (χ1) is 13.3. The quantitative estimate of drug-likeness (QED) is 0.266. The average molecular weight is 409 g/mol. The molecule has 6 rings (SSSR count). The number of halogens is 1. The standard InChI is InChI=1S/C26H17Br/c27-25-13-12-22-20-11-10-19(15-24(20)21-6-3-7-23(25)26(21)22)18-9-8-16-4-1-2-5-17(16)14-18/h1-7,10-15H,8-9H2. The number of hydrogen-bond acceptors (Lipinski definition) is 0. The van der Waals surface area contributed by atoms with Gasteiger partial charge in [0.05, 0.1) is 0 Å². The second kappa shape index (κ2) is 5.68. The van der Waals surface area contributed by atoms with Gasteiger partial charge in [-0.05, 0) is 80.3 Å². The predicted octanol–water partition coefficient (Wildman–Crippen LogP) is 7.74. The van der Waals surface area contributed by atoms with E-state index in [9.17, 15) is 0 Å². The first-order valence-corrected chi connectivity index (χ1v) is 10.2. The van der Waals surface area contributed by atoms with Crippen molar-refractivity contribution < 1.29 is 0 Å². The molecular formula is C26H17Br. The molecule has 0 aliphatic heterocycles. The molecule has 0 bridgehead atoms. The third-order valence-corrected chi connectivity index (χ3v) is 6.70. The second-order valence-corrected chi connectivity index (χ2v) is 8.31. The van der Waals surface area contributed by atoms with Crippen LogP contribution in [0, 0.1) is 0 Å². The molecule has 0 aromatic heterocycles. The Bertz CT molecular complexity index is 1280. The SMILES string of the molecule is Brc1ccc2c3c(cccc13)-c1cc(C3=Cc4ccccc4CC3)ccc1-2. The zero-order valence-electron chi connectivity index (χ0n) is 14.8. The van der Waals surface area contributed by atoms with Gasteiger partial charge in [0, 0.05) is 4.47 Å². The lowest BCUT2D eigenvalue weighted by atomic mass is 9.87. The lowest BCUT2D eigenvalue weighted by Gasteiger charge is -2.17. The maximum absolute atomic E-state index is 3.72. The van der Waals surface area contributed by atoms with Crippen molar-refractivity contribution >= 4 is 38.4 Å². The lowest BCUT2D eigenvalue weighted by Crippen LogP contribution is -1.98. The summed E-state index contributed by atoms with van der Waals surface area (Å²) in [6.07, 6.45) is 4.61. The van der Waals surface area contributed by atoms with Crippen LogP contribution in [0.15, 0.2) is 77.3 Å². The van der Waals surface area contributed by atoms with E-state index in [0.29, 0.717) is 0 Å². The van der Waals surface area contributed by atoms with Gasteiger partial charge >= 0.3 is 0 Å². The van der Waals surface area contributed by atoms with Crippen LogP contribution in [0.25, 0.3) is 44.7 Å². The van der Waals surface area contributed by atoms with Gasteiger partial charge in [0.2, 0.25) is 0 Å². The zero-order valence-corrected chi connectivity index (χ0v) is 16.4. The van der Waals surface area contributed by atoms with E-state index in [4.69, 9.17) is 0 Å². The molecule has 0 radical (unpaired) electrons. The molecule has 128 valence electrons. The summed E-state index contributed by atoms with van der Waals surface area (Å²) in [5.74, 6) is 0. The van der Waals surface area contributed by atoms with Crippen LogP contribution in [0.4, 0.5) is 0 Å². The van der Waals surface area contributed by atoms with Gasteiger partial charge in [0.25, 0.3) is 0 Å². The highest BCUT2D eigenvalue weighted by Crippen LogP contribution is 2.49. The zero-order chi connectivity index (χ0) is 18.0. The first kappa shape index (κ1) is 15.4. The third-order valence-electron chi connectivity index (χ3n) is 6.01. The minimum absolute atomic E-state index is 1.11. The molecule has 0 unspecified atom stereocenters. The van der Waals surface area contributed by atoms with E-state index in [1.165, 1.54) is 59.8 Å². The summed E-state index contributed by atoms with van der Waals surface area (Å²) >= 11 is 3.72. The van der Waals surface area contributed by atoms with Gasteiger partial charge in [-0.15, -0.1) is 0 Å². The van der Waals surface area contributed by atoms with Crippen LogP contribution in [0.5, 0.6) is 0 Å². The normalized spacial score (nSPS) is 14.0. The second-order valence-electron chi connectivity index (χ2n) is 7.45. The minimum Gasteiger partial charge on any atom is -0.0620 e. The van der Waals surface area contributed by atoms with Crippen LogP contribution in [-0.4, -0.2) is 0 Å². The van der Waals surface area contributed by atoms with E-state index in [-0.39, 0.29) is 0 Å². The van der Waals surface area contributed by atoms with Gasteiger partial charge in [0.1, 0.15) is 0 Å². The molecule has 0 saturated heterocycles. The summed E-state index contributed by atoms with van der Waals surface area (Å²) in [7, 11) is 0. The summed E-state index contributed by atoms with van der Waals surface area (Å²) in [5.41, 5.74) is 11.1. The summed E-state index contributed by atoms with van der Waals surface area (Å²) in [5, 5.41) is 2.68. The van der Waals surface area contributed by atoms with E-state index < -0.39 is 0 Å². The molecule has 0 heterocycles. The highest BCUT2D eigenvalue weighted by Gasteiger charge is 2.23. The maximum Gasteiger partial charge on any atom is 0.0254 e. The first-order valence-electron chi connectivity index (χ1n) is 9.44. The van der Waals surface area contributed by atoms with Crippen molar-refractivity contribution in [3.05, 3.63) is 94.0 Å². The molecule has 0 atom stereocenters. The Labute approximate surface area is 167 Å². The molecule has 0 amide bonds. The van der Waals surface area contributed by atoms with Crippen molar-refractivity contribution in [2.75, 3.05) is 0 Å². The number of benzene rings is 4. The van der Waals surface area contributed by atoms with Gasteiger partial charge in [-0.3, -0.25) is 0 Å². The van der Waals surface area contributed by atoms with Crippen LogP contribution < -0.4 is 0 Å². The fourth-order valence-corrected chi connectivity index (χ4v) is 5.14. The number of aryl methyl sites for hydroxylation is 1. The highest BCUT2D eigenvalue weighted by atomic mass is 79.9. The molecular weight excluding hydrogens is 392 g/mol. The summed E-state index contributed by atoms with van der Waals surface area (Å²) in [6, 6.07) is 26.8. The molecule has 0 spiro atoms. The average Bonchev–Trinajstić information content (AvgIpc) is 3.05. The molecule has 2 aliphatic carbocycles. The Morgan fingerprint density at radius 1 is 0.667 bits per heavy atom. The maximum atomic E-state index is 3.72. The molecule has 2 aliphatic rings. The molecule has 0 saturated carbocycles. The Kier molecular flexibility index (Phi) is 3.24. The Morgan fingerprint density at radius 2 is 1.52 bits per heavy atom. The summed E-state index contributed by atoms with van der Waals surface area (Å²) in [6.45, 7) is 0. The van der Waals surface area contributed by atoms with Crippen LogP contribution in [0.1, 0.15) is 23.1 Å². The number of hydrogen-bond donors (Lipinski definition) is 0. The van der Waals surface area contributed by atoms with Crippen molar-refractivity contribution in [3.8, 4) is 22.3 Å². The Hall–Kier alpha value is -2.64. The largest absolute Gasteiger partial charge is 0.0620 e. The van der Waals surface area contributed by atoms with Gasteiger partial charge in [0.15, 0.2) is 0 Å². The van der Waals surface area contributed by atoms with Gasteiger partial charge in [-0.1, -0.05) is 82.7 Å². The minimum atomic E-state index is 1.11.